The summed E-state index contributed by atoms with van der Waals surface area (Å²) in [7, 11) is 0. The Morgan fingerprint density at radius 3 is 2.09 bits per heavy atom. The molecule has 124 valence electrons. The van der Waals surface area contributed by atoms with E-state index in [-0.39, 0.29) is 5.91 Å². The van der Waals surface area contributed by atoms with Crippen LogP contribution in [0.1, 0.15) is 75.6 Å². The minimum atomic E-state index is 0.113. The first-order valence-corrected chi connectivity index (χ1v) is 9.38. The molecule has 0 fully saturated rings. The molecular weight excluding hydrogens is 340 g/mol. The van der Waals surface area contributed by atoms with Crippen LogP contribution < -0.4 is 0 Å². The van der Waals surface area contributed by atoms with E-state index >= 15 is 0 Å². The van der Waals surface area contributed by atoms with E-state index in [2.05, 4.69) is 34.8 Å². The molecule has 0 spiro atoms. The first kappa shape index (κ1) is 19.1. The Morgan fingerprint density at radius 2 is 1.59 bits per heavy atom. The molecule has 0 unspecified atom stereocenters. The minimum absolute atomic E-state index is 0.113. The van der Waals surface area contributed by atoms with E-state index in [1.165, 1.54) is 38.5 Å². The molecule has 0 saturated carbocycles. The van der Waals surface area contributed by atoms with E-state index in [0.717, 1.165) is 30.4 Å². The molecule has 0 saturated heterocycles. The second kappa shape index (κ2) is 11.6. The quantitative estimate of drug-likeness (QED) is 0.486. The van der Waals surface area contributed by atoms with E-state index in [1.54, 1.807) is 12.4 Å². The lowest BCUT2D eigenvalue weighted by Gasteiger charge is -2.23. The van der Waals surface area contributed by atoms with Crippen LogP contribution in [0, 0.1) is 0 Å². The van der Waals surface area contributed by atoms with Crippen LogP contribution in [0.2, 0.25) is 0 Å². The highest BCUT2D eigenvalue weighted by Gasteiger charge is 2.15. The van der Waals surface area contributed by atoms with Crippen molar-refractivity contribution in [2.24, 2.45) is 0 Å². The molecule has 1 amide bonds. The van der Waals surface area contributed by atoms with Crippen molar-refractivity contribution >= 4 is 21.8 Å². The maximum absolute atomic E-state index is 12.7. The van der Waals surface area contributed by atoms with Crippen molar-refractivity contribution in [1.82, 2.24) is 9.88 Å². The van der Waals surface area contributed by atoms with Crippen LogP contribution in [0.4, 0.5) is 0 Å². The van der Waals surface area contributed by atoms with Crippen LogP contribution in [0.15, 0.2) is 22.9 Å². The van der Waals surface area contributed by atoms with Crippen LogP contribution >= 0.6 is 15.9 Å². The average Bonchev–Trinajstić information content (AvgIpc) is 2.53. The number of aromatic nitrogens is 1. The molecule has 0 bridgehead atoms. The van der Waals surface area contributed by atoms with Gasteiger partial charge >= 0.3 is 0 Å². The van der Waals surface area contributed by atoms with Crippen LogP contribution in [0.25, 0.3) is 0 Å². The van der Waals surface area contributed by atoms with E-state index in [1.807, 2.05) is 11.0 Å². The average molecular weight is 369 g/mol. The summed E-state index contributed by atoms with van der Waals surface area (Å²) in [6.07, 6.45) is 12.9. The molecule has 0 aromatic carbocycles. The molecule has 1 aromatic rings. The fraction of sp³-hybridized carbons (Fsp3) is 0.667. The lowest BCUT2D eigenvalue weighted by molar-refractivity contribution is 0.0749. The van der Waals surface area contributed by atoms with Crippen molar-refractivity contribution in [3.63, 3.8) is 0 Å². The SMILES string of the molecule is CCCCCCN(CCCCCC)C(=O)c1cncc(Br)c1. The molecule has 22 heavy (non-hydrogen) atoms. The summed E-state index contributed by atoms with van der Waals surface area (Å²) in [5.74, 6) is 0.113. The molecule has 4 heteroatoms. The van der Waals surface area contributed by atoms with Gasteiger partial charge in [0.1, 0.15) is 0 Å². The monoisotopic (exact) mass is 368 g/mol. The Bertz CT molecular complexity index is 425. The van der Waals surface area contributed by atoms with Crippen molar-refractivity contribution in [1.29, 1.82) is 0 Å². The number of amides is 1. The second-order valence-electron chi connectivity index (χ2n) is 5.81. The summed E-state index contributed by atoms with van der Waals surface area (Å²) in [6.45, 7) is 6.14. The fourth-order valence-corrected chi connectivity index (χ4v) is 2.85. The normalized spacial score (nSPS) is 10.7. The summed E-state index contributed by atoms with van der Waals surface area (Å²) < 4.78 is 0.857. The summed E-state index contributed by atoms with van der Waals surface area (Å²) in [6, 6.07) is 1.86. The fourth-order valence-electron chi connectivity index (χ4n) is 2.49. The van der Waals surface area contributed by atoms with Crippen LogP contribution in [0.3, 0.4) is 0 Å². The highest BCUT2D eigenvalue weighted by atomic mass is 79.9. The van der Waals surface area contributed by atoms with Gasteiger partial charge in [-0.3, -0.25) is 9.78 Å². The predicted octanol–water partition coefficient (Wildman–Crippen LogP) is 5.45. The number of hydrogen-bond donors (Lipinski definition) is 0. The number of halogens is 1. The van der Waals surface area contributed by atoms with Gasteiger partial charge in [0.2, 0.25) is 0 Å². The van der Waals surface area contributed by atoms with Gasteiger partial charge in [-0.2, -0.15) is 0 Å². The number of unbranched alkanes of at least 4 members (excludes halogenated alkanes) is 6. The first-order chi connectivity index (χ1) is 10.7. The third-order valence-corrected chi connectivity index (χ3v) is 4.24. The summed E-state index contributed by atoms with van der Waals surface area (Å²) in [5.41, 5.74) is 0.681. The van der Waals surface area contributed by atoms with Gasteiger partial charge in [0.15, 0.2) is 0 Å². The molecule has 0 radical (unpaired) electrons. The number of rotatable bonds is 11. The zero-order valence-electron chi connectivity index (χ0n) is 14.0. The van der Waals surface area contributed by atoms with Crippen LogP contribution in [-0.2, 0) is 0 Å². The molecule has 0 N–H and O–H groups in total. The van der Waals surface area contributed by atoms with Crippen LogP contribution in [0.5, 0.6) is 0 Å². The zero-order chi connectivity index (χ0) is 16.2. The van der Waals surface area contributed by atoms with Crippen LogP contribution in [-0.4, -0.2) is 28.9 Å². The third kappa shape index (κ3) is 7.39. The lowest BCUT2D eigenvalue weighted by atomic mass is 10.1. The Hall–Kier alpha value is -0.900. The van der Waals surface area contributed by atoms with Gasteiger partial charge in [0.25, 0.3) is 5.91 Å². The number of hydrogen-bond acceptors (Lipinski definition) is 2. The highest BCUT2D eigenvalue weighted by Crippen LogP contribution is 2.14. The van der Waals surface area contributed by atoms with Crippen molar-refractivity contribution < 1.29 is 4.79 Å². The van der Waals surface area contributed by atoms with Crippen molar-refractivity contribution in [2.75, 3.05) is 13.1 Å². The maximum Gasteiger partial charge on any atom is 0.255 e. The van der Waals surface area contributed by atoms with Gasteiger partial charge in [-0.25, -0.2) is 0 Å². The topological polar surface area (TPSA) is 33.2 Å². The van der Waals surface area contributed by atoms with E-state index in [9.17, 15) is 4.79 Å². The zero-order valence-corrected chi connectivity index (χ0v) is 15.6. The number of carbonyl (C=O) groups excluding carboxylic acids is 1. The largest absolute Gasteiger partial charge is 0.339 e. The van der Waals surface area contributed by atoms with Gasteiger partial charge in [-0.05, 0) is 34.8 Å². The predicted molar refractivity (Wildman–Crippen MR) is 96.1 cm³/mol. The molecule has 1 rings (SSSR count). The number of pyridine rings is 1. The number of carbonyl (C=O) groups is 1. The van der Waals surface area contributed by atoms with Crippen molar-refractivity contribution in [2.45, 2.75) is 65.2 Å². The van der Waals surface area contributed by atoms with Gasteiger partial charge < -0.3 is 4.90 Å². The maximum atomic E-state index is 12.7. The Labute approximate surface area is 143 Å². The van der Waals surface area contributed by atoms with Gasteiger partial charge in [0, 0.05) is 30.0 Å². The van der Waals surface area contributed by atoms with Crippen molar-refractivity contribution in [3.05, 3.63) is 28.5 Å². The van der Waals surface area contributed by atoms with E-state index < -0.39 is 0 Å². The molecule has 0 aliphatic carbocycles. The molecule has 0 atom stereocenters. The minimum Gasteiger partial charge on any atom is -0.339 e. The Kier molecular flexibility index (Phi) is 10.1. The lowest BCUT2D eigenvalue weighted by Crippen LogP contribution is -2.33. The number of nitrogens with zero attached hydrogens (tertiary/aromatic N) is 2. The molecular formula is C18H29BrN2O. The van der Waals surface area contributed by atoms with E-state index in [0.29, 0.717) is 5.56 Å². The summed E-state index contributed by atoms with van der Waals surface area (Å²) in [5, 5.41) is 0. The third-order valence-electron chi connectivity index (χ3n) is 3.80. The first-order valence-electron chi connectivity index (χ1n) is 8.58. The van der Waals surface area contributed by atoms with Crippen molar-refractivity contribution in [3.8, 4) is 0 Å². The molecule has 1 heterocycles. The van der Waals surface area contributed by atoms with E-state index in [4.69, 9.17) is 0 Å². The van der Waals surface area contributed by atoms with Gasteiger partial charge in [-0.1, -0.05) is 52.4 Å². The molecule has 3 nitrogen and oxygen atoms in total. The molecule has 0 aliphatic heterocycles. The van der Waals surface area contributed by atoms with Gasteiger partial charge in [0.05, 0.1) is 5.56 Å². The smallest absolute Gasteiger partial charge is 0.255 e. The van der Waals surface area contributed by atoms with Gasteiger partial charge in [-0.15, -0.1) is 0 Å². The summed E-state index contributed by atoms with van der Waals surface area (Å²) in [4.78, 5) is 18.8. The Balaban J connectivity index is 2.59. The molecule has 0 aliphatic rings. The summed E-state index contributed by atoms with van der Waals surface area (Å²) >= 11 is 3.39. The highest BCUT2D eigenvalue weighted by molar-refractivity contribution is 9.10. The Morgan fingerprint density at radius 1 is 1.00 bits per heavy atom. The molecule has 1 aromatic heterocycles. The second-order valence-corrected chi connectivity index (χ2v) is 6.72. The standard InChI is InChI=1S/C18H29BrN2O/c1-3-5-7-9-11-21(12-10-8-6-4-2)18(22)16-13-17(19)15-20-14-16/h13-15H,3-12H2,1-2H3.